The summed E-state index contributed by atoms with van der Waals surface area (Å²) in [6.07, 6.45) is 2.86. The number of hydrogen-bond acceptors (Lipinski definition) is 5. The zero-order chi connectivity index (χ0) is 35.8. The highest BCUT2D eigenvalue weighted by molar-refractivity contribution is 6.35. The molecule has 6 aromatic rings. The number of pyridine rings is 1. The van der Waals surface area contributed by atoms with E-state index in [1.807, 2.05) is 24.3 Å². The number of halogens is 1. The molecular weight excluding hydrogens is 678 g/mol. The molecule has 1 saturated heterocycles. The molecule has 10 nitrogen and oxygen atoms in total. The molecule has 0 bridgehead atoms. The number of amides is 3. The fourth-order valence-electron chi connectivity index (χ4n) is 7.30. The minimum absolute atomic E-state index is 0.0899. The summed E-state index contributed by atoms with van der Waals surface area (Å²) in [6, 6.07) is 32.7. The van der Waals surface area contributed by atoms with Gasteiger partial charge in [0.25, 0.3) is 17.4 Å². The second kappa shape index (κ2) is 13.9. The average Bonchev–Trinajstić information content (AvgIpc) is 3.86. The van der Waals surface area contributed by atoms with Crippen LogP contribution in [0.15, 0.2) is 126 Å². The van der Waals surface area contributed by atoms with Crippen LogP contribution < -0.4 is 16.2 Å². The van der Waals surface area contributed by atoms with Gasteiger partial charge in [-0.25, -0.2) is 4.79 Å². The van der Waals surface area contributed by atoms with E-state index in [2.05, 4.69) is 39.9 Å². The van der Waals surface area contributed by atoms with E-state index >= 15 is 0 Å². The van der Waals surface area contributed by atoms with Crippen molar-refractivity contribution < 1.29 is 19.1 Å². The highest BCUT2D eigenvalue weighted by Crippen LogP contribution is 2.44. The van der Waals surface area contributed by atoms with Gasteiger partial charge in [-0.2, -0.15) is 0 Å². The van der Waals surface area contributed by atoms with Gasteiger partial charge in [-0.05, 0) is 64.7 Å². The quantitative estimate of drug-likeness (QED) is 0.169. The van der Waals surface area contributed by atoms with Crippen molar-refractivity contribution in [3.8, 4) is 16.8 Å². The molecule has 2 aliphatic rings. The van der Waals surface area contributed by atoms with Crippen LogP contribution in [-0.4, -0.2) is 64.6 Å². The molecule has 2 aromatic heterocycles. The first kappa shape index (κ1) is 33.0. The molecule has 0 spiro atoms. The predicted octanol–water partition coefficient (Wildman–Crippen LogP) is 6.38. The third-order valence-corrected chi connectivity index (χ3v) is 10.3. The van der Waals surface area contributed by atoms with Crippen LogP contribution in [0, 0.1) is 5.92 Å². The molecule has 1 aliphatic heterocycles. The molecular formula is C41H34ClN5O5. The van der Waals surface area contributed by atoms with Crippen molar-refractivity contribution in [1.82, 2.24) is 25.1 Å². The second-order valence-corrected chi connectivity index (χ2v) is 13.5. The highest BCUT2D eigenvalue weighted by Gasteiger charge is 2.38. The average molecular weight is 712 g/mol. The summed E-state index contributed by atoms with van der Waals surface area (Å²) in [5.74, 6) is -1.02. The number of carbonyl (C=O) groups excluding carboxylic acids is 3. The van der Waals surface area contributed by atoms with Crippen LogP contribution >= 0.6 is 11.6 Å². The Morgan fingerprint density at radius 3 is 2.23 bits per heavy atom. The van der Waals surface area contributed by atoms with E-state index in [4.69, 9.17) is 16.3 Å². The van der Waals surface area contributed by atoms with Crippen molar-refractivity contribution in [2.24, 2.45) is 5.92 Å². The fraction of sp³-hybridized carbons (Fsp3) is 0.171. The summed E-state index contributed by atoms with van der Waals surface area (Å²) in [5.41, 5.74) is 6.57. The molecule has 3 N–H and O–H groups in total. The van der Waals surface area contributed by atoms with Gasteiger partial charge in [0.05, 0.1) is 11.1 Å². The molecule has 3 heterocycles. The number of rotatable bonds is 8. The molecule has 11 heteroatoms. The SMILES string of the molecule is O=C(NCC1CN(C(=O)OCC2c3ccccc3-c3ccccc32)CC1NC(=O)c1ccc2c(Cl)c[nH]c2c1)c1ccc(-n2ccccc2=O)cc1. The summed E-state index contributed by atoms with van der Waals surface area (Å²) >= 11 is 6.24. The molecule has 4 aromatic carbocycles. The third kappa shape index (κ3) is 6.33. The van der Waals surface area contributed by atoms with Gasteiger partial charge in [-0.1, -0.05) is 72.3 Å². The Morgan fingerprint density at radius 1 is 0.808 bits per heavy atom. The van der Waals surface area contributed by atoms with Crippen molar-refractivity contribution in [2.45, 2.75) is 12.0 Å². The minimum atomic E-state index is -0.482. The lowest BCUT2D eigenvalue weighted by molar-refractivity contribution is 0.0920. The first-order valence-electron chi connectivity index (χ1n) is 17.1. The maximum atomic E-state index is 13.6. The van der Waals surface area contributed by atoms with E-state index in [1.165, 1.54) is 10.6 Å². The van der Waals surface area contributed by atoms with E-state index < -0.39 is 12.1 Å². The van der Waals surface area contributed by atoms with E-state index in [9.17, 15) is 19.2 Å². The van der Waals surface area contributed by atoms with Crippen LogP contribution in [0.4, 0.5) is 4.79 Å². The Labute approximate surface area is 304 Å². The molecule has 0 radical (unpaired) electrons. The van der Waals surface area contributed by atoms with Crippen LogP contribution in [0.1, 0.15) is 37.8 Å². The molecule has 2 unspecified atom stereocenters. The lowest BCUT2D eigenvalue weighted by atomic mass is 9.98. The van der Waals surface area contributed by atoms with Crippen molar-refractivity contribution >= 4 is 40.4 Å². The number of aromatic nitrogens is 2. The number of ether oxygens (including phenoxy) is 1. The number of likely N-dealkylation sites (tertiary alicyclic amines) is 1. The van der Waals surface area contributed by atoms with Crippen molar-refractivity contribution in [3.63, 3.8) is 0 Å². The summed E-state index contributed by atoms with van der Waals surface area (Å²) in [6.45, 7) is 0.844. The molecule has 0 saturated carbocycles. The topological polar surface area (TPSA) is 126 Å². The summed E-state index contributed by atoms with van der Waals surface area (Å²) < 4.78 is 7.45. The van der Waals surface area contributed by atoms with Gasteiger partial charge in [0, 0.05) is 77.6 Å². The first-order valence-corrected chi connectivity index (χ1v) is 17.5. The van der Waals surface area contributed by atoms with Crippen LogP contribution in [0.5, 0.6) is 0 Å². The van der Waals surface area contributed by atoms with Crippen LogP contribution in [-0.2, 0) is 4.74 Å². The maximum Gasteiger partial charge on any atom is 0.409 e. The van der Waals surface area contributed by atoms with Crippen molar-refractivity contribution in [1.29, 1.82) is 0 Å². The molecule has 1 aliphatic carbocycles. The Balaban J connectivity index is 0.969. The van der Waals surface area contributed by atoms with E-state index in [0.29, 0.717) is 21.8 Å². The Morgan fingerprint density at radius 2 is 1.50 bits per heavy atom. The van der Waals surface area contributed by atoms with Gasteiger partial charge in [0.2, 0.25) is 0 Å². The van der Waals surface area contributed by atoms with Crippen molar-refractivity contribution in [2.75, 3.05) is 26.2 Å². The summed E-state index contributed by atoms with van der Waals surface area (Å²) in [5, 5.41) is 7.46. The van der Waals surface area contributed by atoms with Gasteiger partial charge < -0.3 is 25.3 Å². The zero-order valence-electron chi connectivity index (χ0n) is 27.9. The predicted molar refractivity (Wildman–Crippen MR) is 199 cm³/mol. The number of hydrogen-bond donors (Lipinski definition) is 3. The van der Waals surface area contributed by atoms with Gasteiger partial charge in [0.15, 0.2) is 0 Å². The normalized spacial score (nSPS) is 16.4. The molecule has 8 rings (SSSR count). The number of nitrogens with one attached hydrogen (secondary N) is 3. The third-order valence-electron chi connectivity index (χ3n) is 10.0. The van der Waals surface area contributed by atoms with E-state index in [1.54, 1.807) is 71.9 Å². The smallest absolute Gasteiger partial charge is 0.409 e. The van der Waals surface area contributed by atoms with Crippen molar-refractivity contribution in [3.05, 3.63) is 159 Å². The number of H-pyrrole nitrogens is 1. The standard InChI is InChI=1S/C41H34ClN5O5/c42-35-21-43-36-19-26(14-17-33(35)36)40(50)45-37-23-46(41(51)52-24-34-31-9-3-1-7-29(31)30-8-2-4-10-32(30)34)22-27(37)20-44-39(49)25-12-15-28(16-13-25)47-18-6-5-11-38(47)48/h1-19,21,27,34,37,43H,20,22-24H2,(H,44,49)(H,45,50). The van der Waals surface area contributed by atoms with Gasteiger partial charge in [-0.3, -0.25) is 19.0 Å². The summed E-state index contributed by atoms with van der Waals surface area (Å²) in [7, 11) is 0. The molecule has 3 amide bonds. The lowest BCUT2D eigenvalue weighted by Crippen LogP contribution is -2.44. The largest absolute Gasteiger partial charge is 0.448 e. The number of aromatic amines is 1. The fourth-order valence-corrected chi connectivity index (χ4v) is 7.52. The lowest BCUT2D eigenvalue weighted by Gasteiger charge is -2.20. The van der Waals surface area contributed by atoms with Crippen LogP contribution in [0.2, 0.25) is 5.02 Å². The van der Waals surface area contributed by atoms with Gasteiger partial charge in [-0.15, -0.1) is 0 Å². The van der Waals surface area contributed by atoms with Crippen LogP contribution in [0.3, 0.4) is 0 Å². The molecule has 260 valence electrons. The van der Waals surface area contributed by atoms with Gasteiger partial charge >= 0.3 is 6.09 Å². The Kier molecular flexibility index (Phi) is 8.82. The minimum Gasteiger partial charge on any atom is -0.448 e. The molecule has 1 fully saturated rings. The number of nitrogens with zero attached hydrogens (tertiary/aromatic N) is 2. The molecule has 52 heavy (non-hydrogen) atoms. The van der Waals surface area contributed by atoms with Gasteiger partial charge in [0.1, 0.15) is 6.61 Å². The zero-order valence-corrected chi connectivity index (χ0v) is 28.7. The highest BCUT2D eigenvalue weighted by atomic mass is 35.5. The second-order valence-electron chi connectivity index (χ2n) is 13.1. The number of fused-ring (bicyclic) bond motifs is 4. The first-order chi connectivity index (χ1) is 25.3. The van der Waals surface area contributed by atoms with E-state index in [-0.39, 0.29) is 55.5 Å². The monoisotopic (exact) mass is 711 g/mol. The summed E-state index contributed by atoms with van der Waals surface area (Å²) in [4.78, 5) is 57.3. The van der Waals surface area contributed by atoms with Crippen LogP contribution in [0.25, 0.3) is 27.7 Å². The number of carbonyl (C=O) groups is 3. The number of benzene rings is 4. The Bertz CT molecular complexity index is 2340. The maximum absolute atomic E-state index is 13.6. The Hall–Kier alpha value is -6.13. The molecule has 2 atom stereocenters. The van der Waals surface area contributed by atoms with E-state index in [0.717, 1.165) is 33.2 Å².